The summed E-state index contributed by atoms with van der Waals surface area (Å²) in [6.07, 6.45) is 1.69. The van der Waals surface area contributed by atoms with Gasteiger partial charge in [-0.1, -0.05) is 163 Å². The maximum Gasteiger partial charge on any atom is 0.261 e. The smallest absolute Gasteiger partial charge is 0.261 e. The molecule has 2 aromatic heterocycles. The van der Waals surface area contributed by atoms with Gasteiger partial charge in [-0.15, -0.1) is 11.3 Å². The first-order valence-corrected chi connectivity index (χ1v) is 22.9. The van der Waals surface area contributed by atoms with Crippen molar-refractivity contribution in [2.24, 2.45) is 0 Å². The van der Waals surface area contributed by atoms with Gasteiger partial charge in [-0.25, -0.2) is 4.98 Å². The summed E-state index contributed by atoms with van der Waals surface area (Å²) in [4.78, 5) is 14.1. The van der Waals surface area contributed by atoms with Gasteiger partial charge in [-0.2, -0.15) is 0 Å². The molecule has 8 heteroatoms. The van der Waals surface area contributed by atoms with E-state index in [-0.39, 0.29) is 16.2 Å². The van der Waals surface area contributed by atoms with Crippen molar-refractivity contribution in [2.45, 2.75) is 71.3 Å². The van der Waals surface area contributed by atoms with Crippen molar-refractivity contribution >= 4 is 53.8 Å². The zero-order valence-corrected chi connectivity index (χ0v) is 34.3. The fraction of sp³-hybridized carbons (Fsp3) is 0.273. The standard InChI is InChI=1S/C44H51N3O2SSi2/c1-34(49-52(44(5,6)7,37-25-16-10-17-26-37)38-27-18-11-19-28-38)31-48-32-40-39(29-20-30-45-40)41-33-50-42(46-41)47-51(43(2,3)4,35-21-12-8-13-22-35)36-23-14-9-15-24-36/h8-30,33-34H,31-32H2,1-7H3,(H,46,47)/t34-/m0/s1. The lowest BCUT2D eigenvalue weighted by molar-refractivity contribution is 0.0436. The first-order chi connectivity index (χ1) is 25.0. The molecule has 0 saturated heterocycles. The molecule has 0 bridgehead atoms. The first-order valence-electron chi connectivity index (χ1n) is 18.1. The van der Waals surface area contributed by atoms with E-state index in [1.165, 1.54) is 20.7 Å². The number of ether oxygens (including phenoxy) is 1. The van der Waals surface area contributed by atoms with Crippen molar-refractivity contribution in [3.63, 3.8) is 0 Å². The lowest BCUT2D eigenvalue weighted by Gasteiger charge is -2.44. The Balaban J connectivity index is 1.23. The van der Waals surface area contributed by atoms with E-state index >= 15 is 0 Å². The maximum atomic E-state index is 7.26. The zero-order valence-electron chi connectivity index (χ0n) is 31.5. The number of rotatable bonds is 13. The Morgan fingerprint density at radius 3 is 1.63 bits per heavy atom. The quantitative estimate of drug-likeness (QED) is 0.120. The number of thiazole rings is 1. The summed E-state index contributed by atoms with van der Waals surface area (Å²) in [6, 6.07) is 47.4. The van der Waals surface area contributed by atoms with Crippen LogP contribution in [0, 0.1) is 0 Å². The van der Waals surface area contributed by atoms with Gasteiger partial charge in [0.15, 0.2) is 5.13 Å². The van der Waals surface area contributed by atoms with Crippen molar-refractivity contribution in [3.05, 3.63) is 151 Å². The fourth-order valence-corrected chi connectivity index (χ4v) is 17.9. The number of benzene rings is 4. The van der Waals surface area contributed by atoms with E-state index in [0.717, 1.165) is 22.1 Å². The minimum atomic E-state index is -2.69. The monoisotopic (exact) mass is 741 g/mol. The second-order valence-electron chi connectivity index (χ2n) is 15.5. The van der Waals surface area contributed by atoms with Crippen LogP contribution < -0.4 is 25.7 Å². The van der Waals surface area contributed by atoms with Crippen LogP contribution >= 0.6 is 11.3 Å². The lowest BCUT2D eigenvalue weighted by Crippen LogP contribution is -2.70. The number of hydrogen-bond acceptors (Lipinski definition) is 6. The molecule has 6 aromatic rings. The van der Waals surface area contributed by atoms with Gasteiger partial charge in [-0.05, 0) is 49.9 Å². The molecule has 0 fully saturated rings. The minimum absolute atomic E-state index is 0.0535. The SMILES string of the molecule is C[C@@H](COCc1ncccc1-c1csc(N[Si](c2ccccc2)(c2ccccc2)C(C)(C)C)n1)O[Si](c1ccccc1)(c1ccccc1)C(C)(C)C. The highest BCUT2D eigenvalue weighted by Crippen LogP contribution is 2.39. The summed E-state index contributed by atoms with van der Waals surface area (Å²) in [5.74, 6) is 0. The van der Waals surface area contributed by atoms with Gasteiger partial charge in [0.2, 0.25) is 8.24 Å². The van der Waals surface area contributed by atoms with Gasteiger partial charge >= 0.3 is 0 Å². The Hall–Kier alpha value is -4.19. The van der Waals surface area contributed by atoms with Gasteiger partial charge in [-0.3, -0.25) is 4.98 Å². The summed E-state index contributed by atoms with van der Waals surface area (Å²) in [5.41, 5.74) is 2.74. The van der Waals surface area contributed by atoms with Crippen LogP contribution in [0.1, 0.15) is 54.2 Å². The molecule has 0 aliphatic rings. The molecule has 268 valence electrons. The Morgan fingerprint density at radius 2 is 1.15 bits per heavy atom. The predicted octanol–water partition coefficient (Wildman–Crippen LogP) is 8.66. The van der Waals surface area contributed by atoms with Gasteiger partial charge in [0.1, 0.15) is 0 Å². The number of anilines is 1. The maximum absolute atomic E-state index is 7.26. The molecule has 0 aliphatic carbocycles. The largest absolute Gasteiger partial charge is 0.402 e. The van der Waals surface area contributed by atoms with E-state index in [4.69, 9.17) is 19.1 Å². The first kappa shape index (κ1) is 37.6. The van der Waals surface area contributed by atoms with Crippen LogP contribution in [0.15, 0.2) is 145 Å². The number of nitrogens with one attached hydrogen (secondary N) is 1. The summed E-state index contributed by atoms with van der Waals surface area (Å²) < 4.78 is 13.7. The Kier molecular flexibility index (Phi) is 11.4. The summed E-state index contributed by atoms with van der Waals surface area (Å²) >= 11 is 1.65. The zero-order chi connectivity index (χ0) is 36.8. The Labute approximate surface area is 316 Å². The van der Waals surface area contributed by atoms with Crippen LogP contribution in [-0.4, -0.2) is 39.2 Å². The van der Waals surface area contributed by atoms with Crippen LogP contribution in [-0.2, 0) is 15.8 Å². The number of pyridine rings is 1. The van der Waals surface area contributed by atoms with Crippen molar-refractivity contribution in [3.8, 4) is 11.3 Å². The van der Waals surface area contributed by atoms with Crippen LogP contribution in [0.3, 0.4) is 0 Å². The molecule has 0 amide bonds. The molecule has 5 nitrogen and oxygen atoms in total. The van der Waals surface area contributed by atoms with Crippen LogP contribution in [0.4, 0.5) is 5.13 Å². The third-order valence-electron chi connectivity index (χ3n) is 9.89. The Bertz CT molecular complexity index is 1930. The molecule has 0 spiro atoms. The molecular weight excluding hydrogens is 691 g/mol. The fourth-order valence-electron chi connectivity index (χ4n) is 7.49. The summed E-state index contributed by atoms with van der Waals surface area (Å²) in [5, 5.41) is 8.07. The summed E-state index contributed by atoms with van der Waals surface area (Å²) in [6.45, 7) is 16.9. The second-order valence-corrected chi connectivity index (χ2v) is 25.0. The highest BCUT2D eigenvalue weighted by atomic mass is 32.1. The van der Waals surface area contributed by atoms with Crippen molar-refractivity contribution in [1.29, 1.82) is 0 Å². The van der Waals surface area contributed by atoms with E-state index in [9.17, 15) is 0 Å². The van der Waals surface area contributed by atoms with E-state index < -0.39 is 16.6 Å². The van der Waals surface area contributed by atoms with E-state index in [1.807, 2.05) is 12.3 Å². The topological polar surface area (TPSA) is 56.3 Å². The molecule has 2 heterocycles. The molecule has 4 aromatic carbocycles. The van der Waals surface area contributed by atoms with Crippen LogP contribution in [0.25, 0.3) is 11.3 Å². The van der Waals surface area contributed by atoms with Gasteiger partial charge in [0.25, 0.3) is 8.32 Å². The van der Waals surface area contributed by atoms with Crippen molar-refractivity contribution in [2.75, 3.05) is 11.6 Å². The predicted molar refractivity (Wildman–Crippen MR) is 224 cm³/mol. The molecule has 6 rings (SSSR count). The molecule has 1 atom stereocenters. The van der Waals surface area contributed by atoms with Crippen LogP contribution in [0.2, 0.25) is 10.1 Å². The summed E-state index contributed by atoms with van der Waals surface area (Å²) in [7, 11) is -5.25. The highest BCUT2D eigenvalue weighted by Gasteiger charge is 2.51. The third-order valence-corrected chi connectivity index (χ3v) is 21.3. The molecule has 0 unspecified atom stereocenters. The highest BCUT2D eigenvalue weighted by molar-refractivity contribution is 7.17. The molecular formula is C44H51N3O2SSi2. The molecule has 52 heavy (non-hydrogen) atoms. The van der Waals surface area contributed by atoms with Crippen molar-refractivity contribution in [1.82, 2.24) is 9.97 Å². The minimum Gasteiger partial charge on any atom is -0.402 e. The van der Waals surface area contributed by atoms with E-state index in [2.05, 4.69) is 186 Å². The van der Waals surface area contributed by atoms with Gasteiger partial charge < -0.3 is 14.1 Å². The number of aromatic nitrogens is 2. The van der Waals surface area contributed by atoms with E-state index in [0.29, 0.717) is 13.2 Å². The Morgan fingerprint density at radius 1 is 0.654 bits per heavy atom. The van der Waals surface area contributed by atoms with Gasteiger partial charge in [0, 0.05) is 17.1 Å². The molecule has 0 saturated carbocycles. The number of nitrogens with zero attached hydrogens (tertiary/aromatic N) is 2. The average Bonchev–Trinajstić information content (AvgIpc) is 3.62. The van der Waals surface area contributed by atoms with E-state index in [1.54, 1.807) is 11.3 Å². The molecule has 1 N–H and O–H groups in total. The van der Waals surface area contributed by atoms with Gasteiger partial charge in [0.05, 0.1) is 30.7 Å². The second kappa shape index (κ2) is 15.8. The number of hydrogen-bond donors (Lipinski definition) is 1. The van der Waals surface area contributed by atoms with Crippen LogP contribution in [0.5, 0.6) is 0 Å². The average molecular weight is 742 g/mol. The normalized spacial score (nSPS) is 13.1. The van der Waals surface area contributed by atoms with Crippen molar-refractivity contribution < 1.29 is 9.16 Å². The third kappa shape index (κ3) is 7.63. The molecule has 0 aliphatic heterocycles. The molecule has 0 radical (unpaired) electrons. The lowest BCUT2D eigenvalue weighted by atomic mass is 10.1.